The fourth-order valence-electron chi connectivity index (χ4n) is 3.07. The summed E-state index contributed by atoms with van der Waals surface area (Å²) in [5.74, 6) is -0.456. The highest BCUT2D eigenvalue weighted by Gasteiger charge is 2.20. The summed E-state index contributed by atoms with van der Waals surface area (Å²) in [6.07, 6.45) is 3.05. The van der Waals surface area contributed by atoms with Gasteiger partial charge in [-0.3, -0.25) is 9.89 Å². The summed E-state index contributed by atoms with van der Waals surface area (Å²) in [4.78, 5) is 19.6. The lowest BCUT2D eigenvalue weighted by Crippen LogP contribution is -2.15. The van der Waals surface area contributed by atoms with Gasteiger partial charge in [-0.15, -0.1) is 0 Å². The van der Waals surface area contributed by atoms with E-state index in [0.717, 1.165) is 0 Å². The molecule has 6 nitrogen and oxygen atoms in total. The van der Waals surface area contributed by atoms with Crippen molar-refractivity contribution < 1.29 is 4.39 Å². The Kier molecular flexibility index (Phi) is 3.55. The van der Waals surface area contributed by atoms with E-state index in [2.05, 4.69) is 26.7 Å². The first-order chi connectivity index (χ1) is 12.4. The molecule has 0 aliphatic carbocycles. The summed E-state index contributed by atoms with van der Waals surface area (Å²) in [6, 6.07) is 2.83. The molecule has 3 aromatic heterocycles. The van der Waals surface area contributed by atoms with Gasteiger partial charge in [0.25, 0.3) is 5.56 Å². The number of hydrogen-bond donors (Lipinski definition) is 3. The molecule has 8 heteroatoms. The molecule has 130 valence electrons. The molecule has 4 rings (SSSR count). The van der Waals surface area contributed by atoms with E-state index in [1.807, 2.05) is 0 Å². The van der Waals surface area contributed by atoms with E-state index < -0.39 is 11.4 Å². The minimum absolute atomic E-state index is 0.0333. The average Bonchev–Trinajstić information content (AvgIpc) is 3.12. The summed E-state index contributed by atoms with van der Waals surface area (Å²) < 4.78 is 14.0. The third kappa shape index (κ3) is 2.14. The van der Waals surface area contributed by atoms with Crippen molar-refractivity contribution >= 4 is 45.3 Å². The van der Waals surface area contributed by atoms with E-state index in [1.54, 1.807) is 19.1 Å². The van der Waals surface area contributed by atoms with Crippen LogP contribution in [0.1, 0.15) is 11.3 Å². The van der Waals surface area contributed by atoms with E-state index >= 15 is 0 Å². The van der Waals surface area contributed by atoms with Crippen molar-refractivity contribution in [2.45, 2.75) is 6.92 Å². The molecule has 0 fully saturated rings. The maximum atomic E-state index is 14.0. The number of fused-ring (bicyclic) bond motifs is 2. The van der Waals surface area contributed by atoms with Crippen LogP contribution in [-0.2, 0) is 0 Å². The van der Waals surface area contributed by atoms with Crippen molar-refractivity contribution in [1.82, 2.24) is 20.2 Å². The highest BCUT2D eigenvalue weighted by atomic mass is 35.5. The van der Waals surface area contributed by atoms with E-state index in [0.29, 0.717) is 43.8 Å². The van der Waals surface area contributed by atoms with Gasteiger partial charge in [0.1, 0.15) is 17.0 Å². The van der Waals surface area contributed by atoms with E-state index in [1.165, 1.54) is 12.3 Å². The topological polar surface area (TPSA) is 100 Å². The highest BCUT2D eigenvalue weighted by molar-refractivity contribution is 6.36. The number of rotatable bonds is 2. The predicted molar refractivity (Wildman–Crippen MR) is 102 cm³/mol. The van der Waals surface area contributed by atoms with Crippen LogP contribution in [0.3, 0.4) is 0 Å². The van der Waals surface area contributed by atoms with Crippen molar-refractivity contribution in [3.05, 3.63) is 57.4 Å². The minimum atomic E-state index is -0.497. The van der Waals surface area contributed by atoms with E-state index in [9.17, 15) is 9.18 Å². The Bertz CT molecular complexity index is 1270. The molecule has 1 aromatic carbocycles. The second-order valence-electron chi connectivity index (χ2n) is 5.86. The quantitative estimate of drug-likeness (QED) is 0.500. The summed E-state index contributed by atoms with van der Waals surface area (Å²) in [5.41, 5.74) is 8.71. The van der Waals surface area contributed by atoms with Gasteiger partial charge in [0.2, 0.25) is 0 Å². The number of hydrogen-bond acceptors (Lipinski definition) is 4. The lowest BCUT2D eigenvalue weighted by molar-refractivity contribution is 0.636. The molecule has 26 heavy (non-hydrogen) atoms. The first-order valence-corrected chi connectivity index (χ1v) is 8.07. The summed E-state index contributed by atoms with van der Waals surface area (Å²) in [5, 5.41) is 7.34. The number of aromatic amines is 2. The largest absolute Gasteiger partial charge is 0.394 e. The molecule has 0 radical (unpaired) electrons. The summed E-state index contributed by atoms with van der Waals surface area (Å²) in [6.45, 7) is 5.53. The van der Waals surface area contributed by atoms with Gasteiger partial charge in [0.15, 0.2) is 0 Å². The second kappa shape index (κ2) is 5.67. The number of nitrogens with zero attached hydrogens (tertiary/aromatic N) is 2. The van der Waals surface area contributed by atoms with Crippen LogP contribution in [-0.4, -0.2) is 20.2 Å². The normalized spacial score (nSPS) is 11.3. The van der Waals surface area contributed by atoms with Gasteiger partial charge in [-0.1, -0.05) is 24.2 Å². The summed E-state index contributed by atoms with van der Waals surface area (Å²) in [7, 11) is 0. The van der Waals surface area contributed by atoms with E-state index in [4.69, 9.17) is 17.3 Å². The molecule has 0 bridgehead atoms. The zero-order chi connectivity index (χ0) is 18.6. The predicted octanol–water partition coefficient (Wildman–Crippen LogP) is 3.79. The smallest absolute Gasteiger partial charge is 0.272 e. The monoisotopic (exact) mass is 369 g/mol. The molecule has 4 aromatic rings. The number of benzene rings is 1. The van der Waals surface area contributed by atoms with E-state index in [-0.39, 0.29) is 11.2 Å². The van der Waals surface area contributed by atoms with Gasteiger partial charge in [-0.25, -0.2) is 9.37 Å². The molecular weight excluding hydrogens is 357 g/mol. The number of aromatic nitrogens is 4. The van der Waals surface area contributed by atoms with Crippen LogP contribution >= 0.6 is 11.6 Å². The second-order valence-corrected chi connectivity index (χ2v) is 6.24. The van der Waals surface area contributed by atoms with Crippen molar-refractivity contribution in [2.24, 2.45) is 0 Å². The van der Waals surface area contributed by atoms with Crippen molar-refractivity contribution in [1.29, 1.82) is 0 Å². The zero-order valence-corrected chi connectivity index (χ0v) is 14.4. The Morgan fingerprint density at radius 2 is 2.12 bits per heavy atom. The van der Waals surface area contributed by atoms with Gasteiger partial charge < -0.3 is 10.7 Å². The molecule has 0 aliphatic rings. The van der Waals surface area contributed by atoms with Crippen LogP contribution in [0.5, 0.6) is 0 Å². The maximum absolute atomic E-state index is 14.0. The van der Waals surface area contributed by atoms with Gasteiger partial charge in [0, 0.05) is 10.9 Å². The zero-order valence-electron chi connectivity index (χ0n) is 13.7. The Morgan fingerprint density at radius 3 is 2.85 bits per heavy atom. The highest BCUT2D eigenvalue weighted by Crippen LogP contribution is 2.38. The van der Waals surface area contributed by atoms with Crippen LogP contribution in [0.4, 0.5) is 10.1 Å². The molecule has 0 saturated carbocycles. The van der Waals surface area contributed by atoms with Crippen LogP contribution in [0.15, 0.2) is 29.7 Å². The molecule has 4 N–H and O–H groups in total. The number of nitrogens with two attached hydrogens (primary N) is 1. The first kappa shape index (κ1) is 16.3. The van der Waals surface area contributed by atoms with Crippen LogP contribution in [0.25, 0.3) is 39.1 Å². The fourth-order valence-corrected chi connectivity index (χ4v) is 3.31. The number of H-pyrrole nitrogens is 2. The fraction of sp³-hybridized carbons (Fsp3) is 0.0556. The van der Waals surface area contributed by atoms with Gasteiger partial charge in [-0.05, 0) is 30.2 Å². The molecule has 3 heterocycles. The van der Waals surface area contributed by atoms with Crippen LogP contribution < -0.4 is 11.3 Å². The lowest BCUT2D eigenvalue weighted by atomic mass is 9.98. The van der Waals surface area contributed by atoms with Gasteiger partial charge in [0.05, 0.1) is 27.9 Å². The average molecular weight is 370 g/mol. The van der Waals surface area contributed by atoms with Crippen LogP contribution in [0, 0.1) is 12.7 Å². The lowest BCUT2D eigenvalue weighted by Gasteiger charge is -2.14. The SMILES string of the molecule is C=Cc1nc2c(-c3ccc(F)c4[nH]ncc34)c(N)c(=O)[nH]c2c(Cl)c1C. The number of pyridine rings is 2. The Labute approximate surface area is 151 Å². The van der Waals surface area contributed by atoms with Crippen LogP contribution in [0.2, 0.25) is 5.02 Å². The molecular formula is C18H13ClFN5O. The molecule has 0 atom stereocenters. The first-order valence-electron chi connectivity index (χ1n) is 7.70. The molecule has 0 saturated heterocycles. The van der Waals surface area contributed by atoms with Crippen molar-refractivity contribution in [3.8, 4) is 11.1 Å². The molecule has 0 spiro atoms. The maximum Gasteiger partial charge on any atom is 0.272 e. The molecule has 0 aliphatic heterocycles. The Balaban J connectivity index is 2.25. The number of nitrogens with one attached hydrogen (secondary N) is 2. The molecule has 0 unspecified atom stereocenters. The van der Waals surface area contributed by atoms with Gasteiger partial charge >= 0.3 is 0 Å². The van der Waals surface area contributed by atoms with Gasteiger partial charge in [-0.2, -0.15) is 5.10 Å². The number of anilines is 1. The van der Waals surface area contributed by atoms with Crippen molar-refractivity contribution in [2.75, 3.05) is 5.73 Å². The third-order valence-corrected chi connectivity index (χ3v) is 4.89. The minimum Gasteiger partial charge on any atom is -0.394 e. The third-order valence-electron chi connectivity index (χ3n) is 4.42. The van der Waals surface area contributed by atoms with Crippen molar-refractivity contribution in [3.63, 3.8) is 0 Å². The standard InChI is InChI=1S/C18H13ClFN5O/c1-3-11-7(2)13(19)17-16(23-11)12(14(21)18(26)24-17)8-4-5-10(20)15-9(8)6-22-25-15/h3-6H,1,21H2,2H3,(H,22,25)(H,24,26). The number of nitrogen functional groups attached to an aromatic ring is 1. The Morgan fingerprint density at radius 1 is 1.35 bits per heavy atom. The summed E-state index contributed by atoms with van der Waals surface area (Å²) >= 11 is 6.44. The number of halogens is 2. The Hall–Kier alpha value is -3.19. The molecule has 0 amide bonds.